The fraction of sp³-hybridized carbons (Fsp3) is 0.429. The standard InChI is InChI=1S/C14H17N3/c1-10-6-7-13-12(8-10)14(16-9-15-13)17-11-4-2-3-5-11/h6-9,11H,2-5H2,1H3,(H,15,16,17). The van der Waals surface area contributed by atoms with Crippen LogP contribution in [0.4, 0.5) is 5.82 Å². The van der Waals surface area contributed by atoms with Crippen LogP contribution >= 0.6 is 0 Å². The zero-order chi connectivity index (χ0) is 11.7. The van der Waals surface area contributed by atoms with Crippen molar-refractivity contribution in [3.8, 4) is 0 Å². The normalized spacial score (nSPS) is 16.5. The van der Waals surface area contributed by atoms with Gasteiger partial charge in [-0.05, 0) is 31.9 Å². The summed E-state index contributed by atoms with van der Waals surface area (Å²) in [5.41, 5.74) is 2.27. The Kier molecular flexibility index (Phi) is 2.67. The lowest BCUT2D eigenvalue weighted by Crippen LogP contribution is -2.15. The van der Waals surface area contributed by atoms with Crippen LogP contribution in [0.5, 0.6) is 0 Å². The summed E-state index contributed by atoms with van der Waals surface area (Å²) in [5, 5.41) is 4.70. The van der Waals surface area contributed by atoms with Gasteiger partial charge in [-0.25, -0.2) is 9.97 Å². The maximum atomic E-state index is 4.39. The summed E-state index contributed by atoms with van der Waals surface area (Å²) in [6, 6.07) is 6.90. The maximum Gasteiger partial charge on any atom is 0.137 e. The molecule has 0 radical (unpaired) electrons. The van der Waals surface area contributed by atoms with E-state index < -0.39 is 0 Å². The van der Waals surface area contributed by atoms with Gasteiger partial charge in [0.15, 0.2) is 0 Å². The molecule has 17 heavy (non-hydrogen) atoms. The van der Waals surface area contributed by atoms with Gasteiger partial charge in [0.2, 0.25) is 0 Å². The van der Waals surface area contributed by atoms with Gasteiger partial charge in [0.05, 0.1) is 5.52 Å². The first-order valence-electron chi connectivity index (χ1n) is 6.31. The van der Waals surface area contributed by atoms with Gasteiger partial charge >= 0.3 is 0 Å². The molecular formula is C14H17N3. The highest BCUT2D eigenvalue weighted by Gasteiger charge is 2.16. The minimum Gasteiger partial charge on any atom is -0.367 e. The van der Waals surface area contributed by atoms with Gasteiger partial charge in [0.1, 0.15) is 12.1 Å². The molecule has 0 spiro atoms. The minimum atomic E-state index is 0.591. The first-order valence-corrected chi connectivity index (χ1v) is 6.31. The Hall–Kier alpha value is -1.64. The van der Waals surface area contributed by atoms with E-state index >= 15 is 0 Å². The molecule has 3 rings (SSSR count). The van der Waals surface area contributed by atoms with Gasteiger partial charge < -0.3 is 5.32 Å². The van der Waals surface area contributed by atoms with E-state index in [1.807, 2.05) is 0 Å². The van der Waals surface area contributed by atoms with Crippen LogP contribution in [0, 0.1) is 6.92 Å². The number of benzene rings is 1. The van der Waals surface area contributed by atoms with Crippen LogP contribution in [0.25, 0.3) is 10.9 Å². The van der Waals surface area contributed by atoms with Crippen molar-refractivity contribution < 1.29 is 0 Å². The number of nitrogens with zero attached hydrogens (tertiary/aromatic N) is 2. The lowest BCUT2D eigenvalue weighted by molar-refractivity contribution is 0.751. The SMILES string of the molecule is Cc1ccc2ncnc(NC3CCCC3)c2c1. The van der Waals surface area contributed by atoms with E-state index in [0.29, 0.717) is 6.04 Å². The highest BCUT2D eigenvalue weighted by atomic mass is 15.0. The molecule has 0 bridgehead atoms. The molecule has 1 aromatic carbocycles. The first-order chi connectivity index (χ1) is 8.33. The molecule has 1 aliphatic rings. The van der Waals surface area contributed by atoms with Gasteiger partial charge in [-0.15, -0.1) is 0 Å². The second-order valence-electron chi connectivity index (χ2n) is 4.87. The number of rotatable bonds is 2. The molecule has 88 valence electrons. The third-order valence-corrected chi connectivity index (χ3v) is 3.49. The fourth-order valence-corrected chi connectivity index (χ4v) is 2.55. The lowest BCUT2D eigenvalue weighted by atomic mass is 10.1. The van der Waals surface area contributed by atoms with Crippen LogP contribution in [0.2, 0.25) is 0 Å². The van der Waals surface area contributed by atoms with Crippen LogP contribution in [0.15, 0.2) is 24.5 Å². The number of aromatic nitrogens is 2. The van der Waals surface area contributed by atoms with Crippen molar-refractivity contribution in [3.63, 3.8) is 0 Å². The molecular weight excluding hydrogens is 210 g/mol. The van der Waals surface area contributed by atoms with E-state index in [4.69, 9.17) is 0 Å². The number of aryl methyl sites for hydroxylation is 1. The smallest absolute Gasteiger partial charge is 0.137 e. The van der Waals surface area contributed by atoms with E-state index in [0.717, 1.165) is 16.7 Å². The van der Waals surface area contributed by atoms with Gasteiger partial charge in [0, 0.05) is 11.4 Å². The molecule has 3 nitrogen and oxygen atoms in total. The molecule has 0 aliphatic heterocycles. The highest BCUT2D eigenvalue weighted by molar-refractivity contribution is 5.89. The average Bonchev–Trinajstić information content (AvgIpc) is 2.83. The van der Waals surface area contributed by atoms with Gasteiger partial charge in [-0.3, -0.25) is 0 Å². The molecule has 3 heteroatoms. The van der Waals surface area contributed by atoms with Gasteiger partial charge in [-0.2, -0.15) is 0 Å². The quantitative estimate of drug-likeness (QED) is 0.855. The molecule has 2 aromatic rings. The Labute approximate surface area is 101 Å². The summed E-state index contributed by atoms with van der Waals surface area (Å²) in [6.45, 7) is 2.10. The van der Waals surface area contributed by atoms with Gasteiger partial charge in [-0.1, -0.05) is 24.5 Å². The Bertz CT molecular complexity index is 530. The largest absolute Gasteiger partial charge is 0.367 e. The second kappa shape index (κ2) is 4.32. The summed E-state index contributed by atoms with van der Waals surface area (Å²) in [6.07, 6.45) is 6.84. The molecule has 1 N–H and O–H groups in total. The van der Waals surface area contributed by atoms with Crippen molar-refractivity contribution in [1.29, 1.82) is 0 Å². The molecule has 0 unspecified atom stereocenters. The highest BCUT2D eigenvalue weighted by Crippen LogP contribution is 2.25. The molecule has 1 fully saturated rings. The minimum absolute atomic E-state index is 0.591. The van der Waals surface area contributed by atoms with E-state index in [-0.39, 0.29) is 0 Å². The monoisotopic (exact) mass is 227 g/mol. The summed E-state index contributed by atoms with van der Waals surface area (Å²) < 4.78 is 0. The van der Waals surface area contributed by atoms with Crippen molar-refractivity contribution in [2.75, 3.05) is 5.32 Å². The van der Waals surface area contributed by atoms with Crippen LogP contribution in [-0.2, 0) is 0 Å². The number of anilines is 1. The van der Waals surface area contributed by atoms with Gasteiger partial charge in [0.25, 0.3) is 0 Å². The molecule has 1 heterocycles. The molecule has 1 aromatic heterocycles. The fourth-order valence-electron chi connectivity index (χ4n) is 2.55. The van der Waals surface area contributed by atoms with Crippen LogP contribution < -0.4 is 5.32 Å². The van der Waals surface area contributed by atoms with Crippen molar-refractivity contribution >= 4 is 16.7 Å². The maximum absolute atomic E-state index is 4.39. The predicted octanol–water partition coefficient (Wildman–Crippen LogP) is 3.29. The van der Waals surface area contributed by atoms with E-state index in [1.165, 1.54) is 31.2 Å². The van der Waals surface area contributed by atoms with Crippen LogP contribution in [0.3, 0.4) is 0 Å². The Balaban J connectivity index is 1.99. The third-order valence-electron chi connectivity index (χ3n) is 3.49. The number of fused-ring (bicyclic) bond motifs is 1. The lowest BCUT2D eigenvalue weighted by Gasteiger charge is -2.14. The molecule has 0 saturated heterocycles. The van der Waals surface area contributed by atoms with E-state index in [2.05, 4.69) is 40.4 Å². The molecule has 1 saturated carbocycles. The second-order valence-corrected chi connectivity index (χ2v) is 4.87. The van der Waals surface area contributed by atoms with Crippen LogP contribution in [0.1, 0.15) is 31.2 Å². The topological polar surface area (TPSA) is 37.8 Å². The zero-order valence-corrected chi connectivity index (χ0v) is 10.1. The van der Waals surface area contributed by atoms with Crippen molar-refractivity contribution in [2.24, 2.45) is 0 Å². The zero-order valence-electron chi connectivity index (χ0n) is 10.1. The van der Waals surface area contributed by atoms with Crippen molar-refractivity contribution in [2.45, 2.75) is 38.6 Å². The molecule has 0 amide bonds. The Morgan fingerprint density at radius 1 is 1.18 bits per heavy atom. The molecule has 0 atom stereocenters. The third kappa shape index (κ3) is 2.09. The summed E-state index contributed by atoms with van der Waals surface area (Å²) in [5.74, 6) is 0.991. The predicted molar refractivity (Wildman–Crippen MR) is 70.2 cm³/mol. The summed E-state index contributed by atoms with van der Waals surface area (Å²) >= 11 is 0. The summed E-state index contributed by atoms with van der Waals surface area (Å²) in [7, 11) is 0. The molecule has 1 aliphatic carbocycles. The number of nitrogens with one attached hydrogen (secondary N) is 1. The van der Waals surface area contributed by atoms with E-state index in [9.17, 15) is 0 Å². The Morgan fingerprint density at radius 2 is 2.00 bits per heavy atom. The van der Waals surface area contributed by atoms with Crippen molar-refractivity contribution in [1.82, 2.24) is 9.97 Å². The first kappa shape index (κ1) is 10.5. The van der Waals surface area contributed by atoms with Crippen molar-refractivity contribution in [3.05, 3.63) is 30.1 Å². The van der Waals surface area contributed by atoms with Crippen LogP contribution in [-0.4, -0.2) is 16.0 Å². The number of hydrogen-bond donors (Lipinski definition) is 1. The van der Waals surface area contributed by atoms with E-state index in [1.54, 1.807) is 6.33 Å². The number of hydrogen-bond acceptors (Lipinski definition) is 3. The Morgan fingerprint density at radius 3 is 2.82 bits per heavy atom. The summed E-state index contributed by atoms with van der Waals surface area (Å²) in [4.78, 5) is 8.70. The average molecular weight is 227 g/mol.